The summed E-state index contributed by atoms with van der Waals surface area (Å²) in [5.41, 5.74) is 3.26. The third kappa shape index (κ3) is 3.87. The number of benzene rings is 2. The highest BCUT2D eigenvalue weighted by molar-refractivity contribution is 7.89. The second-order valence-electron chi connectivity index (χ2n) is 7.81. The number of amides is 1. The van der Waals surface area contributed by atoms with Gasteiger partial charge in [0.25, 0.3) is 5.91 Å². The fourth-order valence-electron chi connectivity index (χ4n) is 3.89. The summed E-state index contributed by atoms with van der Waals surface area (Å²) >= 11 is 1.50. The van der Waals surface area contributed by atoms with Gasteiger partial charge in [0.2, 0.25) is 10.0 Å². The first-order valence-corrected chi connectivity index (χ1v) is 12.2. The Morgan fingerprint density at radius 3 is 2.37 bits per heavy atom. The molecule has 0 spiro atoms. The van der Waals surface area contributed by atoms with E-state index in [0.29, 0.717) is 35.6 Å². The van der Waals surface area contributed by atoms with Gasteiger partial charge in [-0.2, -0.15) is 9.30 Å². The average molecular weight is 444 g/mol. The van der Waals surface area contributed by atoms with Gasteiger partial charge in [-0.15, -0.1) is 0 Å². The number of piperidine rings is 1. The van der Waals surface area contributed by atoms with Crippen molar-refractivity contribution >= 4 is 37.5 Å². The molecule has 0 N–H and O–H groups in total. The van der Waals surface area contributed by atoms with Crippen molar-refractivity contribution in [3.63, 3.8) is 0 Å². The number of fused-ring (bicyclic) bond motifs is 1. The van der Waals surface area contributed by atoms with Crippen molar-refractivity contribution in [2.24, 2.45) is 18.0 Å². The van der Waals surface area contributed by atoms with Crippen molar-refractivity contribution in [1.82, 2.24) is 8.87 Å². The summed E-state index contributed by atoms with van der Waals surface area (Å²) in [7, 11) is -1.60. The molecule has 0 saturated carbocycles. The Hall–Kier alpha value is -2.29. The second-order valence-corrected chi connectivity index (χ2v) is 10.8. The van der Waals surface area contributed by atoms with Crippen LogP contribution in [0, 0.1) is 19.8 Å². The molecule has 2 aromatic carbocycles. The topological polar surface area (TPSA) is 71.7 Å². The number of hydrogen-bond donors (Lipinski definition) is 0. The lowest BCUT2D eigenvalue weighted by atomic mass is 9.98. The maximum atomic E-state index is 12.9. The van der Waals surface area contributed by atoms with Gasteiger partial charge in [0, 0.05) is 26.1 Å². The predicted molar refractivity (Wildman–Crippen MR) is 119 cm³/mol. The molecule has 0 unspecified atom stereocenters. The minimum absolute atomic E-state index is 0.165. The monoisotopic (exact) mass is 443 g/mol. The molecule has 0 radical (unpaired) electrons. The van der Waals surface area contributed by atoms with Crippen molar-refractivity contribution < 1.29 is 13.2 Å². The van der Waals surface area contributed by atoms with E-state index in [1.165, 1.54) is 15.6 Å². The lowest BCUT2D eigenvalue weighted by Gasteiger charge is -2.29. The molecule has 0 aliphatic carbocycles. The standard InChI is InChI=1S/C22H25N3O3S2/c1-15-7-9-18(10-8-15)30(27,28)25-13-11-17(12-14-25)21(26)23-22-24(3)20-16(2)5-4-6-19(20)29-22/h4-10,17H,11-14H2,1-3H3. The quantitative estimate of drug-likeness (QED) is 0.623. The molecule has 1 aromatic heterocycles. The van der Waals surface area contributed by atoms with Gasteiger partial charge in [-0.25, -0.2) is 8.42 Å². The van der Waals surface area contributed by atoms with Crippen molar-refractivity contribution in [3.8, 4) is 0 Å². The number of thiazole rings is 1. The number of carbonyl (C=O) groups excluding carboxylic acids is 1. The van der Waals surface area contributed by atoms with Crippen LogP contribution in [0.2, 0.25) is 0 Å². The van der Waals surface area contributed by atoms with E-state index in [1.54, 1.807) is 24.3 Å². The Balaban J connectivity index is 1.50. The number of aromatic nitrogens is 1. The smallest absolute Gasteiger partial charge is 0.251 e. The van der Waals surface area contributed by atoms with E-state index in [2.05, 4.69) is 4.99 Å². The van der Waals surface area contributed by atoms with Crippen molar-refractivity contribution in [2.45, 2.75) is 31.6 Å². The second kappa shape index (κ2) is 8.09. The van der Waals surface area contributed by atoms with Crippen molar-refractivity contribution in [3.05, 3.63) is 58.4 Å². The zero-order valence-corrected chi connectivity index (χ0v) is 19.0. The van der Waals surface area contributed by atoms with Crippen LogP contribution in [0.15, 0.2) is 52.4 Å². The Morgan fingerprint density at radius 1 is 1.07 bits per heavy atom. The summed E-state index contributed by atoms with van der Waals surface area (Å²) in [5, 5.41) is 0. The number of para-hydroxylation sites is 1. The summed E-state index contributed by atoms with van der Waals surface area (Å²) in [4.78, 5) is 18.2. The molecule has 1 aliphatic rings. The Kier molecular flexibility index (Phi) is 5.65. The number of nitrogens with zero attached hydrogens (tertiary/aromatic N) is 3. The molecular weight excluding hydrogens is 418 g/mol. The molecule has 4 rings (SSSR count). The number of aryl methyl sites for hydroxylation is 3. The van der Waals surface area contributed by atoms with Gasteiger partial charge in [-0.1, -0.05) is 41.2 Å². The number of hydrogen-bond acceptors (Lipinski definition) is 4. The molecule has 1 fully saturated rings. The highest BCUT2D eigenvalue weighted by atomic mass is 32.2. The Bertz CT molecular complexity index is 1260. The number of rotatable bonds is 3. The molecule has 30 heavy (non-hydrogen) atoms. The first kappa shape index (κ1) is 21.0. The van der Waals surface area contributed by atoms with Crippen LogP contribution in [-0.4, -0.2) is 36.3 Å². The summed E-state index contributed by atoms with van der Waals surface area (Å²) in [6.07, 6.45) is 0.974. The van der Waals surface area contributed by atoms with Crippen LogP contribution in [0.3, 0.4) is 0 Å². The number of sulfonamides is 1. The third-order valence-corrected chi connectivity index (χ3v) is 8.70. The molecule has 1 aliphatic heterocycles. The first-order valence-electron chi connectivity index (χ1n) is 9.98. The van der Waals surface area contributed by atoms with Gasteiger partial charge < -0.3 is 4.57 Å². The van der Waals surface area contributed by atoms with Crippen LogP contribution in [0.5, 0.6) is 0 Å². The van der Waals surface area contributed by atoms with Crippen molar-refractivity contribution in [2.75, 3.05) is 13.1 Å². The molecular formula is C22H25N3O3S2. The van der Waals surface area contributed by atoms with Crippen LogP contribution in [0.1, 0.15) is 24.0 Å². The average Bonchev–Trinajstić information content (AvgIpc) is 3.05. The predicted octanol–water partition coefficient (Wildman–Crippen LogP) is 3.38. The van der Waals surface area contributed by atoms with E-state index in [9.17, 15) is 13.2 Å². The zero-order chi connectivity index (χ0) is 21.5. The molecule has 6 nitrogen and oxygen atoms in total. The van der Waals surface area contributed by atoms with Gasteiger partial charge >= 0.3 is 0 Å². The molecule has 2 heterocycles. The molecule has 0 atom stereocenters. The lowest BCUT2D eigenvalue weighted by Crippen LogP contribution is -2.40. The molecule has 1 saturated heterocycles. The fourth-order valence-corrected chi connectivity index (χ4v) is 6.46. The minimum atomic E-state index is -3.53. The van der Waals surface area contributed by atoms with Gasteiger partial charge in [0.15, 0.2) is 4.80 Å². The Morgan fingerprint density at radius 2 is 1.73 bits per heavy atom. The lowest BCUT2D eigenvalue weighted by molar-refractivity contribution is -0.122. The van der Waals surface area contributed by atoms with Crippen LogP contribution in [-0.2, 0) is 21.9 Å². The normalized spacial score (nSPS) is 17.0. The van der Waals surface area contributed by atoms with Gasteiger partial charge in [0.1, 0.15) is 0 Å². The highest BCUT2D eigenvalue weighted by Gasteiger charge is 2.32. The van der Waals surface area contributed by atoms with Crippen LogP contribution in [0.25, 0.3) is 10.2 Å². The van der Waals surface area contributed by atoms with Gasteiger partial charge in [-0.3, -0.25) is 4.79 Å². The summed E-state index contributed by atoms with van der Waals surface area (Å²) < 4.78 is 30.3. The molecule has 0 bridgehead atoms. The number of carbonyl (C=O) groups is 1. The fraction of sp³-hybridized carbons (Fsp3) is 0.364. The maximum absolute atomic E-state index is 12.9. The van der Waals surface area contributed by atoms with Crippen molar-refractivity contribution in [1.29, 1.82) is 0 Å². The van der Waals surface area contributed by atoms with Gasteiger partial charge in [-0.05, 0) is 50.5 Å². The summed E-state index contributed by atoms with van der Waals surface area (Å²) in [6.45, 7) is 4.64. The third-order valence-electron chi connectivity index (χ3n) is 5.69. The van der Waals surface area contributed by atoms with Crippen LogP contribution < -0.4 is 4.80 Å². The maximum Gasteiger partial charge on any atom is 0.251 e. The van der Waals surface area contributed by atoms with E-state index in [-0.39, 0.29) is 11.8 Å². The van der Waals surface area contributed by atoms with E-state index < -0.39 is 10.0 Å². The van der Waals surface area contributed by atoms with Crippen LogP contribution >= 0.6 is 11.3 Å². The Labute approximate surface area is 180 Å². The summed E-state index contributed by atoms with van der Waals surface area (Å²) in [6, 6.07) is 13.0. The van der Waals surface area contributed by atoms with E-state index >= 15 is 0 Å². The molecule has 3 aromatic rings. The largest absolute Gasteiger partial charge is 0.319 e. The van der Waals surface area contributed by atoms with E-state index in [1.807, 2.05) is 43.7 Å². The molecule has 8 heteroatoms. The zero-order valence-electron chi connectivity index (χ0n) is 17.3. The van der Waals surface area contributed by atoms with Crippen LogP contribution in [0.4, 0.5) is 0 Å². The molecule has 1 amide bonds. The van der Waals surface area contributed by atoms with E-state index in [0.717, 1.165) is 21.3 Å². The SMILES string of the molecule is Cc1ccc(S(=O)(=O)N2CCC(C(=O)N=c3sc4cccc(C)c4n3C)CC2)cc1. The first-order chi connectivity index (χ1) is 14.3. The van der Waals surface area contributed by atoms with Gasteiger partial charge in [0.05, 0.1) is 15.1 Å². The van der Waals surface area contributed by atoms with E-state index in [4.69, 9.17) is 0 Å². The molecule has 158 valence electrons. The highest BCUT2D eigenvalue weighted by Crippen LogP contribution is 2.25. The minimum Gasteiger partial charge on any atom is -0.319 e. The summed E-state index contributed by atoms with van der Waals surface area (Å²) in [5.74, 6) is -0.414.